The lowest BCUT2D eigenvalue weighted by molar-refractivity contribution is 0.686. The van der Waals surface area contributed by atoms with Crippen LogP contribution >= 0.6 is 0 Å². The van der Waals surface area contributed by atoms with Gasteiger partial charge in [0.05, 0.1) is 34.2 Å². The second kappa shape index (κ2) is 7.50. The zero-order valence-corrected chi connectivity index (χ0v) is 18.9. The SMILES string of the molecule is CC(C)(C#N)c1ccc(-n2cnc3cnc4ccc(-c5cnc6ccccc6c5)cc4c32)cc1. The van der Waals surface area contributed by atoms with E-state index in [-0.39, 0.29) is 0 Å². The van der Waals surface area contributed by atoms with Gasteiger partial charge in [-0.1, -0.05) is 36.4 Å². The summed E-state index contributed by atoms with van der Waals surface area (Å²) in [5, 5.41) is 11.6. The fourth-order valence-electron chi connectivity index (χ4n) is 4.40. The molecule has 0 radical (unpaired) electrons. The monoisotopic (exact) mass is 439 g/mol. The number of hydrogen-bond donors (Lipinski definition) is 0. The summed E-state index contributed by atoms with van der Waals surface area (Å²) >= 11 is 0. The van der Waals surface area contributed by atoms with Crippen molar-refractivity contribution in [2.75, 3.05) is 0 Å². The van der Waals surface area contributed by atoms with Crippen molar-refractivity contribution < 1.29 is 0 Å². The standard InChI is InChI=1S/C29H21N5/c1-29(2,17-30)22-8-10-23(11-9-22)34-18-33-27-16-32-26-12-7-19(14-24(26)28(27)34)21-13-20-5-3-4-6-25(20)31-15-21/h3-16,18H,1-2H3. The molecule has 0 aliphatic heterocycles. The predicted molar refractivity (Wildman–Crippen MR) is 136 cm³/mol. The van der Waals surface area contributed by atoms with Crippen LogP contribution < -0.4 is 0 Å². The number of imidazole rings is 1. The van der Waals surface area contributed by atoms with Crippen LogP contribution in [-0.2, 0) is 5.41 Å². The normalized spacial score (nSPS) is 11.8. The molecular formula is C29H21N5. The molecule has 6 aromatic rings. The molecule has 0 N–H and O–H groups in total. The van der Waals surface area contributed by atoms with E-state index < -0.39 is 5.41 Å². The highest BCUT2D eigenvalue weighted by molar-refractivity contribution is 6.04. The number of nitriles is 1. The Balaban J connectivity index is 1.52. The zero-order chi connectivity index (χ0) is 23.3. The van der Waals surface area contributed by atoms with E-state index >= 15 is 0 Å². The molecule has 0 bridgehead atoms. The van der Waals surface area contributed by atoms with Crippen LogP contribution in [-0.4, -0.2) is 19.5 Å². The second-order valence-corrected chi connectivity index (χ2v) is 9.04. The minimum atomic E-state index is -0.533. The van der Waals surface area contributed by atoms with E-state index in [1.54, 1.807) is 0 Å². The molecule has 0 saturated heterocycles. The van der Waals surface area contributed by atoms with Gasteiger partial charge in [0.2, 0.25) is 0 Å². The van der Waals surface area contributed by atoms with Gasteiger partial charge in [0.25, 0.3) is 0 Å². The van der Waals surface area contributed by atoms with Gasteiger partial charge in [-0.25, -0.2) is 4.98 Å². The van der Waals surface area contributed by atoms with Gasteiger partial charge in [0.1, 0.15) is 11.8 Å². The van der Waals surface area contributed by atoms with Crippen molar-refractivity contribution in [3.8, 4) is 22.9 Å². The highest BCUT2D eigenvalue weighted by Crippen LogP contribution is 2.31. The summed E-state index contributed by atoms with van der Waals surface area (Å²) in [6.45, 7) is 3.86. The van der Waals surface area contributed by atoms with E-state index in [9.17, 15) is 5.26 Å². The molecule has 0 saturated carbocycles. The van der Waals surface area contributed by atoms with Gasteiger partial charge < -0.3 is 0 Å². The maximum atomic E-state index is 9.46. The molecule has 0 aliphatic carbocycles. The minimum absolute atomic E-state index is 0.533. The van der Waals surface area contributed by atoms with Crippen molar-refractivity contribution in [1.29, 1.82) is 5.26 Å². The number of fused-ring (bicyclic) bond motifs is 4. The topological polar surface area (TPSA) is 67.4 Å². The minimum Gasteiger partial charge on any atom is -0.298 e. The highest BCUT2D eigenvalue weighted by Gasteiger charge is 2.19. The number of pyridine rings is 2. The Hall–Kier alpha value is -4.56. The third-order valence-corrected chi connectivity index (χ3v) is 6.44. The number of benzene rings is 3. The molecule has 5 nitrogen and oxygen atoms in total. The lowest BCUT2D eigenvalue weighted by atomic mass is 9.86. The lowest BCUT2D eigenvalue weighted by Gasteiger charge is -2.16. The number of aromatic nitrogens is 4. The van der Waals surface area contributed by atoms with Crippen LogP contribution in [0.2, 0.25) is 0 Å². The molecule has 5 heteroatoms. The van der Waals surface area contributed by atoms with Crippen LogP contribution in [0.3, 0.4) is 0 Å². The van der Waals surface area contributed by atoms with E-state index in [1.165, 1.54) is 0 Å². The second-order valence-electron chi connectivity index (χ2n) is 9.04. The highest BCUT2D eigenvalue weighted by atomic mass is 15.1. The van der Waals surface area contributed by atoms with Crippen molar-refractivity contribution in [2.45, 2.75) is 19.3 Å². The van der Waals surface area contributed by atoms with E-state index in [4.69, 9.17) is 0 Å². The van der Waals surface area contributed by atoms with E-state index in [0.717, 1.165) is 55.2 Å². The van der Waals surface area contributed by atoms with Crippen LogP contribution in [0.1, 0.15) is 19.4 Å². The average Bonchev–Trinajstić information content (AvgIpc) is 3.33. The zero-order valence-electron chi connectivity index (χ0n) is 18.9. The maximum Gasteiger partial charge on any atom is 0.108 e. The largest absolute Gasteiger partial charge is 0.298 e. The summed E-state index contributed by atoms with van der Waals surface area (Å²) in [5.74, 6) is 0. The average molecular weight is 440 g/mol. The summed E-state index contributed by atoms with van der Waals surface area (Å²) in [5.41, 5.74) is 7.33. The molecule has 6 rings (SSSR count). The molecule has 0 fully saturated rings. The molecule has 0 spiro atoms. The third kappa shape index (κ3) is 3.20. The van der Waals surface area contributed by atoms with Gasteiger partial charge in [-0.2, -0.15) is 5.26 Å². The smallest absolute Gasteiger partial charge is 0.108 e. The van der Waals surface area contributed by atoms with Gasteiger partial charge in [0, 0.05) is 28.2 Å². The molecule has 3 aromatic carbocycles. The van der Waals surface area contributed by atoms with Crippen molar-refractivity contribution >= 4 is 32.8 Å². The first-order chi connectivity index (χ1) is 16.5. The Bertz CT molecular complexity index is 1740. The summed E-state index contributed by atoms with van der Waals surface area (Å²) in [6.07, 6.45) is 5.57. The Kier molecular flexibility index (Phi) is 4.43. The van der Waals surface area contributed by atoms with Gasteiger partial charge in [-0.05, 0) is 61.4 Å². The molecule has 3 heterocycles. The molecule has 0 unspecified atom stereocenters. The molecule has 3 aromatic heterocycles. The Morgan fingerprint density at radius 3 is 2.38 bits per heavy atom. The third-order valence-electron chi connectivity index (χ3n) is 6.44. The lowest BCUT2D eigenvalue weighted by Crippen LogP contribution is -2.13. The van der Waals surface area contributed by atoms with E-state index in [2.05, 4.69) is 55.9 Å². The Morgan fingerprint density at radius 1 is 0.765 bits per heavy atom. The Morgan fingerprint density at radius 2 is 1.56 bits per heavy atom. The molecule has 162 valence electrons. The number of para-hydroxylation sites is 1. The number of hydrogen-bond acceptors (Lipinski definition) is 4. The fourth-order valence-corrected chi connectivity index (χ4v) is 4.40. The summed E-state index contributed by atoms with van der Waals surface area (Å²) in [7, 11) is 0. The molecule has 0 atom stereocenters. The van der Waals surface area contributed by atoms with Crippen LogP contribution in [0, 0.1) is 11.3 Å². The van der Waals surface area contributed by atoms with Crippen molar-refractivity contribution in [2.24, 2.45) is 0 Å². The number of rotatable bonds is 3. The van der Waals surface area contributed by atoms with Crippen LogP contribution in [0.15, 0.2) is 91.5 Å². The van der Waals surface area contributed by atoms with Crippen molar-refractivity contribution in [3.05, 3.63) is 97.1 Å². The van der Waals surface area contributed by atoms with Crippen LogP contribution in [0.25, 0.3) is 49.7 Å². The first-order valence-electron chi connectivity index (χ1n) is 11.2. The van der Waals surface area contributed by atoms with E-state index in [0.29, 0.717) is 0 Å². The van der Waals surface area contributed by atoms with Crippen LogP contribution in [0.4, 0.5) is 0 Å². The van der Waals surface area contributed by atoms with Gasteiger partial charge >= 0.3 is 0 Å². The van der Waals surface area contributed by atoms with Crippen LogP contribution in [0.5, 0.6) is 0 Å². The number of nitrogens with zero attached hydrogens (tertiary/aromatic N) is 5. The first-order valence-corrected chi connectivity index (χ1v) is 11.2. The maximum absolute atomic E-state index is 9.46. The van der Waals surface area contributed by atoms with Gasteiger partial charge in [0.15, 0.2) is 0 Å². The quantitative estimate of drug-likeness (QED) is 0.312. The van der Waals surface area contributed by atoms with Gasteiger partial charge in [-0.15, -0.1) is 0 Å². The fraction of sp³-hybridized carbons (Fsp3) is 0.103. The first kappa shape index (κ1) is 20.1. The molecule has 34 heavy (non-hydrogen) atoms. The molecular weight excluding hydrogens is 418 g/mol. The predicted octanol–water partition coefficient (Wildman–Crippen LogP) is 6.59. The van der Waals surface area contributed by atoms with Gasteiger partial charge in [-0.3, -0.25) is 14.5 Å². The van der Waals surface area contributed by atoms with E-state index in [1.807, 2.05) is 75.0 Å². The summed E-state index contributed by atoms with van der Waals surface area (Å²) in [4.78, 5) is 13.9. The molecule has 0 aliphatic rings. The van der Waals surface area contributed by atoms with Crippen molar-refractivity contribution in [1.82, 2.24) is 19.5 Å². The van der Waals surface area contributed by atoms with Crippen molar-refractivity contribution in [3.63, 3.8) is 0 Å². The molecule has 0 amide bonds. The Labute approximate surface area is 197 Å². The summed E-state index contributed by atoms with van der Waals surface area (Å²) < 4.78 is 2.09. The summed E-state index contributed by atoms with van der Waals surface area (Å²) in [6, 6.07) is 27.1.